The number of benzene rings is 1. The molecular formula is C21H33N3O2. The molecule has 1 saturated heterocycles. The molecule has 0 spiro atoms. The number of amides is 1. The van der Waals surface area contributed by atoms with Crippen molar-refractivity contribution in [3.05, 3.63) is 29.3 Å². The van der Waals surface area contributed by atoms with Gasteiger partial charge < -0.3 is 14.5 Å². The van der Waals surface area contributed by atoms with Crippen molar-refractivity contribution in [3.63, 3.8) is 0 Å². The van der Waals surface area contributed by atoms with Gasteiger partial charge in [0.2, 0.25) is 5.91 Å². The fourth-order valence-electron chi connectivity index (χ4n) is 3.70. The van der Waals surface area contributed by atoms with Gasteiger partial charge in [-0.05, 0) is 37.6 Å². The molecule has 0 unspecified atom stereocenters. The van der Waals surface area contributed by atoms with Crippen molar-refractivity contribution in [1.82, 2.24) is 14.7 Å². The van der Waals surface area contributed by atoms with E-state index in [4.69, 9.17) is 4.74 Å². The zero-order valence-electron chi connectivity index (χ0n) is 16.7. The van der Waals surface area contributed by atoms with Crippen LogP contribution in [0, 0.1) is 5.92 Å². The number of carbonyl (C=O) groups excluding carboxylic acids is 1. The molecule has 2 heterocycles. The molecule has 2 aliphatic rings. The highest BCUT2D eigenvalue weighted by atomic mass is 16.5. The molecule has 5 heteroatoms. The second kappa shape index (κ2) is 8.40. The number of hydrogen-bond acceptors (Lipinski definition) is 4. The molecule has 2 aliphatic heterocycles. The Balaban J connectivity index is 1.72. The zero-order valence-corrected chi connectivity index (χ0v) is 16.7. The maximum absolute atomic E-state index is 12.7. The SMILES string of the molecule is CC(C)CC(=O)N1Cc2cc(CN3CCN(C)CC3)ccc2OC[C@@H]1C. The summed E-state index contributed by atoms with van der Waals surface area (Å²) in [7, 11) is 2.18. The molecule has 0 radical (unpaired) electrons. The fraction of sp³-hybridized carbons (Fsp3) is 0.667. The third kappa shape index (κ3) is 4.77. The Bertz CT molecular complexity index is 624. The number of fused-ring (bicyclic) bond motifs is 1. The lowest BCUT2D eigenvalue weighted by Crippen LogP contribution is -2.43. The zero-order chi connectivity index (χ0) is 18.7. The highest BCUT2D eigenvalue weighted by Crippen LogP contribution is 2.27. The Morgan fingerprint density at radius 3 is 2.65 bits per heavy atom. The van der Waals surface area contributed by atoms with Crippen LogP contribution in [0.25, 0.3) is 0 Å². The molecule has 0 N–H and O–H groups in total. The highest BCUT2D eigenvalue weighted by molar-refractivity contribution is 5.77. The predicted molar refractivity (Wildman–Crippen MR) is 104 cm³/mol. The van der Waals surface area contributed by atoms with E-state index in [1.165, 1.54) is 5.56 Å². The van der Waals surface area contributed by atoms with Gasteiger partial charge >= 0.3 is 0 Å². The van der Waals surface area contributed by atoms with E-state index in [-0.39, 0.29) is 11.9 Å². The minimum absolute atomic E-state index is 0.106. The second-order valence-corrected chi connectivity index (χ2v) is 8.30. The van der Waals surface area contributed by atoms with Crippen LogP contribution >= 0.6 is 0 Å². The van der Waals surface area contributed by atoms with E-state index in [9.17, 15) is 4.79 Å². The number of nitrogens with zero attached hydrogens (tertiary/aromatic N) is 3. The fourth-order valence-corrected chi connectivity index (χ4v) is 3.70. The van der Waals surface area contributed by atoms with Gasteiger partial charge in [0, 0.05) is 51.3 Å². The summed E-state index contributed by atoms with van der Waals surface area (Å²) < 4.78 is 5.99. The predicted octanol–water partition coefficient (Wildman–Crippen LogP) is 2.59. The van der Waals surface area contributed by atoms with Crippen LogP contribution in [0.5, 0.6) is 5.75 Å². The van der Waals surface area contributed by atoms with Crippen molar-refractivity contribution in [2.24, 2.45) is 5.92 Å². The summed E-state index contributed by atoms with van der Waals surface area (Å²) >= 11 is 0. The standard InChI is InChI=1S/C21H33N3O2/c1-16(2)11-21(25)24-14-19-12-18(5-6-20(19)26-15-17(24)3)13-23-9-7-22(4)8-10-23/h5-6,12,16-17H,7-11,13-15H2,1-4H3/t17-/m0/s1. The van der Waals surface area contributed by atoms with Gasteiger partial charge in [0.05, 0.1) is 6.04 Å². The third-order valence-corrected chi connectivity index (χ3v) is 5.38. The molecule has 1 amide bonds. The quantitative estimate of drug-likeness (QED) is 0.828. The first-order chi connectivity index (χ1) is 12.4. The molecule has 0 bridgehead atoms. The maximum atomic E-state index is 12.7. The number of piperazine rings is 1. The Labute approximate surface area is 157 Å². The van der Waals surface area contributed by atoms with E-state index >= 15 is 0 Å². The summed E-state index contributed by atoms with van der Waals surface area (Å²) in [5, 5.41) is 0. The Morgan fingerprint density at radius 2 is 1.96 bits per heavy atom. The van der Waals surface area contributed by atoms with Crippen molar-refractivity contribution in [3.8, 4) is 5.75 Å². The molecule has 1 aromatic carbocycles. The van der Waals surface area contributed by atoms with Crippen LogP contribution in [0.1, 0.15) is 38.3 Å². The van der Waals surface area contributed by atoms with E-state index in [0.717, 1.165) is 44.0 Å². The van der Waals surface area contributed by atoms with E-state index in [2.05, 4.69) is 55.8 Å². The van der Waals surface area contributed by atoms with Crippen LogP contribution < -0.4 is 4.74 Å². The number of hydrogen-bond donors (Lipinski definition) is 0. The van der Waals surface area contributed by atoms with Crippen LogP contribution in [0.3, 0.4) is 0 Å². The van der Waals surface area contributed by atoms with Crippen LogP contribution in [0.4, 0.5) is 0 Å². The summed E-state index contributed by atoms with van der Waals surface area (Å²) in [4.78, 5) is 19.5. The minimum atomic E-state index is 0.106. The molecule has 0 saturated carbocycles. The van der Waals surface area contributed by atoms with Crippen LogP contribution in [-0.4, -0.2) is 66.5 Å². The molecule has 144 valence electrons. The normalized spacial score (nSPS) is 22.0. The van der Waals surface area contributed by atoms with E-state index in [1.807, 2.05) is 4.90 Å². The molecule has 3 rings (SSSR count). The largest absolute Gasteiger partial charge is 0.491 e. The summed E-state index contributed by atoms with van der Waals surface area (Å²) in [6.45, 7) is 12.9. The molecule has 0 aliphatic carbocycles. The number of rotatable bonds is 4. The lowest BCUT2D eigenvalue weighted by atomic mass is 10.1. The number of likely N-dealkylation sites (N-methyl/N-ethyl adjacent to an activating group) is 1. The minimum Gasteiger partial charge on any atom is -0.491 e. The first kappa shape index (κ1) is 19.2. The van der Waals surface area contributed by atoms with Gasteiger partial charge in [-0.1, -0.05) is 19.9 Å². The van der Waals surface area contributed by atoms with E-state index < -0.39 is 0 Å². The monoisotopic (exact) mass is 359 g/mol. The van der Waals surface area contributed by atoms with Gasteiger partial charge in [-0.3, -0.25) is 9.69 Å². The molecule has 1 fully saturated rings. The van der Waals surface area contributed by atoms with Crippen molar-refractivity contribution in [1.29, 1.82) is 0 Å². The van der Waals surface area contributed by atoms with Crippen molar-refractivity contribution < 1.29 is 9.53 Å². The molecule has 5 nitrogen and oxygen atoms in total. The van der Waals surface area contributed by atoms with Crippen LogP contribution in [-0.2, 0) is 17.9 Å². The maximum Gasteiger partial charge on any atom is 0.223 e. The second-order valence-electron chi connectivity index (χ2n) is 8.30. The molecule has 0 aromatic heterocycles. The van der Waals surface area contributed by atoms with Crippen LogP contribution in [0.15, 0.2) is 18.2 Å². The number of carbonyl (C=O) groups is 1. The van der Waals surface area contributed by atoms with Gasteiger partial charge in [-0.15, -0.1) is 0 Å². The lowest BCUT2D eigenvalue weighted by molar-refractivity contribution is -0.135. The van der Waals surface area contributed by atoms with Crippen molar-refractivity contribution in [2.45, 2.75) is 46.3 Å². The average molecular weight is 360 g/mol. The number of ether oxygens (including phenoxy) is 1. The van der Waals surface area contributed by atoms with Crippen molar-refractivity contribution >= 4 is 5.91 Å². The molecule has 1 atom stereocenters. The smallest absolute Gasteiger partial charge is 0.223 e. The van der Waals surface area contributed by atoms with Gasteiger partial charge in [0.25, 0.3) is 0 Å². The Kier molecular flexibility index (Phi) is 6.20. The Hall–Kier alpha value is -1.59. The first-order valence-electron chi connectivity index (χ1n) is 9.87. The van der Waals surface area contributed by atoms with Gasteiger partial charge in [-0.25, -0.2) is 0 Å². The third-order valence-electron chi connectivity index (χ3n) is 5.38. The first-order valence-corrected chi connectivity index (χ1v) is 9.87. The van der Waals surface area contributed by atoms with Gasteiger partial charge in [0.15, 0.2) is 0 Å². The average Bonchev–Trinajstić information content (AvgIpc) is 2.75. The Morgan fingerprint density at radius 1 is 1.23 bits per heavy atom. The highest BCUT2D eigenvalue weighted by Gasteiger charge is 2.26. The summed E-state index contributed by atoms with van der Waals surface area (Å²) in [6, 6.07) is 6.60. The van der Waals surface area contributed by atoms with Crippen LogP contribution in [0.2, 0.25) is 0 Å². The van der Waals surface area contributed by atoms with Crippen molar-refractivity contribution in [2.75, 3.05) is 39.8 Å². The van der Waals surface area contributed by atoms with E-state index in [0.29, 0.717) is 25.5 Å². The van der Waals surface area contributed by atoms with Gasteiger partial charge in [-0.2, -0.15) is 0 Å². The summed E-state index contributed by atoms with van der Waals surface area (Å²) in [5.74, 6) is 1.54. The summed E-state index contributed by atoms with van der Waals surface area (Å²) in [5.41, 5.74) is 2.45. The van der Waals surface area contributed by atoms with E-state index in [1.54, 1.807) is 0 Å². The molecular weight excluding hydrogens is 326 g/mol. The topological polar surface area (TPSA) is 36.0 Å². The van der Waals surface area contributed by atoms with Gasteiger partial charge in [0.1, 0.15) is 12.4 Å². The lowest BCUT2D eigenvalue weighted by Gasteiger charge is -2.32. The summed E-state index contributed by atoms with van der Waals surface area (Å²) in [6.07, 6.45) is 0.598. The molecule has 26 heavy (non-hydrogen) atoms. The molecule has 1 aromatic rings.